The second kappa shape index (κ2) is 5.39. The highest BCUT2D eigenvalue weighted by Gasteiger charge is 2.42. The summed E-state index contributed by atoms with van der Waals surface area (Å²) in [5, 5.41) is 3.13. The molecule has 92 valence electrons. The lowest BCUT2D eigenvalue weighted by Gasteiger charge is -2.21. The van der Waals surface area contributed by atoms with Crippen LogP contribution in [0.5, 0.6) is 0 Å². The van der Waals surface area contributed by atoms with E-state index in [-0.39, 0.29) is 11.3 Å². The van der Waals surface area contributed by atoms with Crippen molar-refractivity contribution in [1.29, 1.82) is 0 Å². The molecule has 0 aliphatic heterocycles. The third-order valence-corrected chi connectivity index (χ3v) is 4.55. The van der Waals surface area contributed by atoms with Gasteiger partial charge in [-0.3, -0.25) is 4.79 Å². The van der Waals surface area contributed by atoms with Crippen molar-refractivity contribution in [2.75, 3.05) is 6.54 Å². The summed E-state index contributed by atoms with van der Waals surface area (Å²) >= 11 is 6.10. The smallest absolute Gasteiger partial charge is 0.223 e. The van der Waals surface area contributed by atoms with Crippen LogP contribution < -0.4 is 5.32 Å². The monoisotopic (exact) mass is 243 g/mol. The Hall–Kier alpha value is -0.240. The van der Waals surface area contributed by atoms with Crippen LogP contribution in [0.4, 0.5) is 0 Å². The molecule has 1 amide bonds. The van der Waals surface area contributed by atoms with E-state index in [1.165, 1.54) is 19.3 Å². The topological polar surface area (TPSA) is 29.1 Å². The number of hydrogen-bond donors (Lipinski definition) is 1. The highest BCUT2D eigenvalue weighted by molar-refractivity contribution is 6.20. The van der Waals surface area contributed by atoms with E-state index in [1.54, 1.807) is 0 Å². The van der Waals surface area contributed by atoms with Crippen LogP contribution in [0.15, 0.2) is 0 Å². The van der Waals surface area contributed by atoms with Gasteiger partial charge in [0, 0.05) is 12.5 Å². The molecule has 2 nitrogen and oxygen atoms in total. The molecule has 2 bridgehead atoms. The highest BCUT2D eigenvalue weighted by Crippen LogP contribution is 2.48. The standard InChI is InChI=1S/C13H22ClNO/c1-2-3-11(14)8-15-13(16)12-7-9-4-5-10(12)6-9/h9-12H,2-8H2,1H3,(H,15,16). The molecule has 0 saturated heterocycles. The van der Waals surface area contributed by atoms with Crippen molar-refractivity contribution in [3.05, 3.63) is 0 Å². The highest BCUT2D eigenvalue weighted by atomic mass is 35.5. The minimum Gasteiger partial charge on any atom is -0.354 e. The summed E-state index contributed by atoms with van der Waals surface area (Å²) in [4.78, 5) is 12.0. The van der Waals surface area contributed by atoms with Gasteiger partial charge in [0.05, 0.1) is 5.38 Å². The van der Waals surface area contributed by atoms with Gasteiger partial charge in [-0.25, -0.2) is 0 Å². The summed E-state index contributed by atoms with van der Waals surface area (Å²) < 4.78 is 0. The van der Waals surface area contributed by atoms with E-state index in [9.17, 15) is 4.79 Å². The van der Waals surface area contributed by atoms with Crippen LogP contribution in [0, 0.1) is 17.8 Å². The summed E-state index contributed by atoms with van der Waals surface area (Å²) in [7, 11) is 0. The van der Waals surface area contributed by atoms with E-state index in [1.807, 2.05) is 0 Å². The molecule has 4 unspecified atom stereocenters. The lowest BCUT2D eigenvalue weighted by atomic mass is 9.88. The summed E-state index contributed by atoms with van der Waals surface area (Å²) in [6.07, 6.45) is 7.09. The number of alkyl halides is 1. The molecule has 0 aromatic rings. The maximum absolute atomic E-state index is 12.0. The third kappa shape index (κ3) is 2.71. The lowest BCUT2D eigenvalue weighted by molar-refractivity contribution is -0.126. The molecule has 0 spiro atoms. The predicted molar refractivity (Wildman–Crippen MR) is 66.5 cm³/mol. The average molecular weight is 244 g/mol. The fraction of sp³-hybridized carbons (Fsp3) is 0.923. The zero-order valence-corrected chi connectivity index (χ0v) is 10.8. The largest absolute Gasteiger partial charge is 0.354 e. The third-order valence-electron chi connectivity index (χ3n) is 4.17. The molecule has 2 aliphatic carbocycles. The molecular weight excluding hydrogens is 222 g/mol. The predicted octanol–water partition coefficient (Wildman–Crippen LogP) is 2.95. The maximum Gasteiger partial charge on any atom is 0.223 e. The summed E-state index contributed by atoms with van der Waals surface area (Å²) in [6, 6.07) is 0. The van der Waals surface area contributed by atoms with Crippen LogP contribution in [0.25, 0.3) is 0 Å². The van der Waals surface area contributed by atoms with Crippen LogP contribution in [0.1, 0.15) is 45.4 Å². The second-order valence-electron chi connectivity index (χ2n) is 5.41. The van der Waals surface area contributed by atoms with E-state index >= 15 is 0 Å². The number of rotatable bonds is 5. The first-order valence-electron chi connectivity index (χ1n) is 6.62. The van der Waals surface area contributed by atoms with Crippen molar-refractivity contribution in [1.82, 2.24) is 5.32 Å². The van der Waals surface area contributed by atoms with Crippen molar-refractivity contribution < 1.29 is 4.79 Å². The van der Waals surface area contributed by atoms with E-state index in [2.05, 4.69) is 12.2 Å². The van der Waals surface area contributed by atoms with Crippen molar-refractivity contribution in [3.8, 4) is 0 Å². The Morgan fingerprint density at radius 1 is 1.44 bits per heavy atom. The van der Waals surface area contributed by atoms with E-state index in [0.29, 0.717) is 18.4 Å². The molecule has 2 saturated carbocycles. The van der Waals surface area contributed by atoms with Crippen molar-refractivity contribution >= 4 is 17.5 Å². The van der Waals surface area contributed by atoms with Gasteiger partial charge in [0.15, 0.2) is 0 Å². The van der Waals surface area contributed by atoms with Crippen LogP contribution >= 0.6 is 11.6 Å². The molecule has 3 heteroatoms. The molecule has 0 aromatic carbocycles. The Bertz CT molecular complexity index is 256. The number of fused-ring (bicyclic) bond motifs is 2. The molecule has 2 aliphatic rings. The fourth-order valence-electron chi connectivity index (χ4n) is 3.32. The van der Waals surface area contributed by atoms with Gasteiger partial charge in [-0.15, -0.1) is 11.6 Å². The number of nitrogens with one attached hydrogen (secondary N) is 1. The van der Waals surface area contributed by atoms with Gasteiger partial charge in [0.25, 0.3) is 0 Å². The average Bonchev–Trinajstić information content (AvgIpc) is 2.88. The molecule has 4 atom stereocenters. The summed E-state index contributed by atoms with van der Waals surface area (Å²) in [5.74, 6) is 2.06. The molecule has 2 fully saturated rings. The van der Waals surface area contributed by atoms with Gasteiger partial charge < -0.3 is 5.32 Å². The lowest BCUT2D eigenvalue weighted by Crippen LogP contribution is -2.36. The molecule has 16 heavy (non-hydrogen) atoms. The number of amides is 1. The first kappa shape index (κ1) is 12.2. The van der Waals surface area contributed by atoms with Gasteiger partial charge in [-0.05, 0) is 37.5 Å². The Morgan fingerprint density at radius 3 is 2.81 bits per heavy atom. The van der Waals surface area contributed by atoms with Crippen molar-refractivity contribution in [2.24, 2.45) is 17.8 Å². The summed E-state index contributed by atoms with van der Waals surface area (Å²) in [6.45, 7) is 2.76. The van der Waals surface area contributed by atoms with Gasteiger partial charge in [0.1, 0.15) is 0 Å². The van der Waals surface area contributed by atoms with Gasteiger partial charge in [-0.1, -0.05) is 19.8 Å². The zero-order chi connectivity index (χ0) is 11.5. The normalized spacial score (nSPS) is 34.0. The Labute approximate surface area is 103 Å². The summed E-state index contributed by atoms with van der Waals surface area (Å²) in [5.41, 5.74) is 0. The van der Waals surface area contributed by atoms with E-state index in [4.69, 9.17) is 11.6 Å². The van der Waals surface area contributed by atoms with Crippen LogP contribution in [-0.2, 0) is 4.79 Å². The maximum atomic E-state index is 12.0. The first-order valence-corrected chi connectivity index (χ1v) is 7.06. The van der Waals surface area contributed by atoms with Crippen molar-refractivity contribution in [2.45, 2.75) is 50.8 Å². The number of hydrogen-bond acceptors (Lipinski definition) is 1. The van der Waals surface area contributed by atoms with Crippen molar-refractivity contribution in [3.63, 3.8) is 0 Å². The molecular formula is C13H22ClNO. The van der Waals surface area contributed by atoms with Gasteiger partial charge in [0.2, 0.25) is 5.91 Å². The fourth-order valence-corrected chi connectivity index (χ4v) is 3.62. The minimum atomic E-state index is 0.104. The molecule has 0 heterocycles. The Balaban J connectivity index is 1.72. The molecule has 0 radical (unpaired) electrons. The number of carbonyl (C=O) groups is 1. The first-order chi connectivity index (χ1) is 7.70. The number of halogens is 1. The molecule has 1 N–H and O–H groups in total. The van der Waals surface area contributed by atoms with E-state index in [0.717, 1.165) is 25.2 Å². The Morgan fingerprint density at radius 2 is 2.25 bits per heavy atom. The zero-order valence-electron chi connectivity index (χ0n) is 10.0. The van der Waals surface area contributed by atoms with Gasteiger partial charge >= 0.3 is 0 Å². The molecule has 0 aromatic heterocycles. The van der Waals surface area contributed by atoms with Gasteiger partial charge in [-0.2, -0.15) is 0 Å². The Kier molecular flexibility index (Phi) is 4.12. The molecule has 2 rings (SSSR count). The quantitative estimate of drug-likeness (QED) is 0.740. The van der Waals surface area contributed by atoms with Crippen LogP contribution in [0.2, 0.25) is 0 Å². The SMILES string of the molecule is CCCC(Cl)CNC(=O)C1CC2CCC1C2. The second-order valence-corrected chi connectivity index (χ2v) is 6.03. The number of carbonyl (C=O) groups excluding carboxylic acids is 1. The van der Waals surface area contributed by atoms with E-state index < -0.39 is 0 Å². The minimum absolute atomic E-state index is 0.104. The van der Waals surface area contributed by atoms with Crippen LogP contribution in [-0.4, -0.2) is 17.8 Å². The van der Waals surface area contributed by atoms with Crippen LogP contribution in [0.3, 0.4) is 0 Å².